The molecular formula is C17H24F3NO2. The number of alkyl halides is 3. The zero-order valence-electron chi connectivity index (χ0n) is 13.8. The van der Waals surface area contributed by atoms with Gasteiger partial charge in [-0.3, -0.25) is 4.90 Å². The van der Waals surface area contributed by atoms with Crippen LogP contribution in [0.1, 0.15) is 29.5 Å². The predicted molar refractivity (Wildman–Crippen MR) is 82.5 cm³/mol. The van der Waals surface area contributed by atoms with Gasteiger partial charge >= 0.3 is 6.18 Å². The summed E-state index contributed by atoms with van der Waals surface area (Å²) in [6.07, 6.45) is -5.98. The number of nitrogens with zero attached hydrogens (tertiary/aromatic N) is 1. The second-order valence-electron chi connectivity index (χ2n) is 6.36. The van der Waals surface area contributed by atoms with Gasteiger partial charge in [0.25, 0.3) is 0 Å². The zero-order chi connectivity index (χ0) is 17.2. The van der Waals surface area contributed by atoms with Crippen molar-refractivity contribution in [1.29, 1.82) is 0 Å². The Morgan fingerprint density at radius 2 is 1.74 bits per heavy atom. The van der Waals surface area contributed by atoms with Gasteiger partial charge in [-0.25, -0.2) is 0 Å². The molecule has 0 aromatic heterocycles. The Morgan fingerprint density at radius 3 is 2.17 bits per heavy atom. The lowest BCUT2D eigenvalue weighted by molar-refractivity contribution is -0.223. The van der Waals surface area contributed by atoms with Crippen LogP contribution in [-0.2, 0) is 6.54 Å². The molecule has 1 atom stereocenters. The van der Waals surface area contributed by atoms with Crippen molar-refractivity contribution in [2.75, 3.05) is 20.2 Å². The SMILES string of the molecule is COc1c(C)cc(CN2CCC(C(O)C(F)(F)F)CC2)cc1C. The number of ether oxygens (including phenoxy) is 1. The highest BCUT2D eigenvalue weighted by Gasteiger charge is 2.44. The molecular weight excluding hydrogens is 307 g/mol. The molecule has 3 nitrogen and oxygen atoms in total. The Hall–Kier alpha value is -1.27. The number of aliphatic hydroxyl groups is 1. The van der Waals surface area contributed by atoms with Gasteiger partial charge in [-0.1, -0.05) is 12.1 Å². The van der Waals surface area contributed by atoms with Gasteiger partial charge in [0.1, 0.15) is 5.75 Å². The van der Waals surface area contributed by atoms with Crippen molar-refractivity contribution in [2.45, 2.75) is 45.5 Å². The quantitative estimate of drug-likeness (QED) is 0.917. The van der Waals surface area contributed by atoms with Crippen LogP contribution in [0.5, 0.6) is 5.75 Å². The van der Waals surface area contributed by atoms with Gasteiger partial charge < -0.3 is 9.84 Å². The summed E-state index contributed by atoms with van der Waals surface area (Å²) in [6, 6.07) is 4.12. The van der Waals surface area contributed by atoms with Crippen LogP contribution >= 0.6 is 0 Å². The van der Waals surface area contributed by atoms with Crippen molar-refractivity contribution < 1.29 is 23.0 Å². The van der Waals surface area contributed by atoms with Crippen LogP contribution in [0.25, 0.3) is 0 Å². The Bertz CT molecular complexity index is 514. The van der Waals surface area contributed by atoms with Gasteiger partial charge in [0, 0.05) is 6.54 Å². The largest absolute Gasteiger partial charge is 0.496 e. The van der Waals surface area contributed by atoms with Crippen LogP contribution in [0.15, 0.2) is 12.1 Å². The second kappa shape index (κ2) is 7.09. The number of piperidine rings is 1. The summed E-state index contributed by atoms with van der Waals surface area (Å²) < 4.78 is 43.0. The molecule has 23 heavy (non-hydrogen) atoms. The fourth-order valence-corrected chi connectivity index (χ4v) is 3.41. The number of methoxy groups -OCH3 is 1. The van der Waals surface area contributed by atoms with E-state index in [4.69, 9.17) is 4.74 Å². The lowest BCUT2D eigenvalue weighted by Gasteiger charge is -2.34. The van der Waals surface area contributed by atoms with Crippen molar-refractivity contribution >= 4 is 0 Å². The molecule has 0 amide bonds. The molecule has 1 aliphatic rings. The number of aryl methyl sites for hydroxylation is 2. The maximum absolute atomic E-state index is 12.6. The molecule has 0 radical (unpaired) electrons. The lowest BCUT2D eigenvalue weighted by Crippen LogP contribution is -2.43. The summed E-state index contributed by atoms with van der Waals surface area (Å²) >= 11 is 0. The van der Waals surface area contributed by atoms with Gasteiger partial charge in [0.2, 0.25) is 0 Å². The van der Waals surface area contributed by atoms with Crippen LogP contribution in [0.4, 0.5) is 13.2 Å². The minimum absolute atomic E-state index is 0.370. The summed E-state index contributed by atoms with van der Waals surface area (Å²) in [6.45, 7) is 5.83. The summed E-state index contributed by atoms with van der Waals surface area (Å²) in [4.78, 5) is 2.14. The first kappa shape index (κ1) is 18.1. The van der Waals surface area contributed by atoms with Gasteiger partial charge in [0.05, 0.1) is 7.11 Å². The fourth-order valence-electron chi connectivity index (χ4n) is 3.41. The zero-order valence-corrected chi connectivity index (χ0v) is 13.8. The standard InChI is InChI=1S/C17H24F3NO2/c1-11-8-13(9-12(2)15(11)23-3)10-21-6-4-14(5-7-21)16(22)17(18,19)20/h8-9,14,16,22H,4-7,10H2,1-3H3. The van der Waals surface area contributed by atoms with Gasteiger partial charge in [0.15, 0.2) is 6.10 Å². The second-order valence-corrected chi connectivity index (χ2v) is 6.36. The number of benzene rings is 1. The smallest absolute Gasteiger partial charge is 0.414 e. The summed E-state index contributed by atoms with van der Waals surface area (Å²) in [5.74, 6) is 0.186. The van der Waals surface area contributed by atoms with Crippen molar-refractivity contribution in [3.8, 4) is 5.75 Å². The normalized spacial score (nSPS) is 18.9. The Kier molecular flexibility index (Phi) is 5.57. The van der Waals surface area contributed by atoms with E-state index in [1.165, 1.54) is 0 Å². The maximum Gasteiger partial charge on any atom is 0.414 e. The third kappa shape index (κ3) is 4.38. The first-order valence-electron chi connectivity index (χ1n) is 7.83. The summed E-state index contributed by atoms with van der Waals surface area (Å²) in [5.41, 5.74) is 3.25. The molecule has 130 valence electrons. The van der Waals surface area contributed by atoms with E-state index in [1.54, 1.807) is 7.11 Å². The van der Waals surface area contributed by atoms with E-state index in [2.05, 4.69) is 17.0 Å². The molecule has 0 spiro atoms. The van der Waals surface area contributed by atoms with E-state index in [9.17, 15) is 18.3 Å². The summed E-state index contributed by atoms with van der Waals surface area (Å²) in [5, 5.41) is 9.36. The molecule has 1 aromatic rings. The third-order valence-corrected chi connectivity index (χ3v) is 4.54. The average molecular weight is 331 g/mol. The first-order chi connectivity index (χ1) is 10.7. The minimum atomic E-state index is -4.52. The first-order valence-corrected chi connectivity index (χ1v) is 7.83. The Labute approximate surface area is 135 Å². The molecule has 1 fully saturated rings. The maximum atomic E-state index is 12.6. The van der Waals surface area contributed by atoms with Crippen LogP contribution in [0.3, 0.4) is 0 Å². The molecule has 0 saturated carbocycles. The number of halogens is 3. The molecule has 1 N–H and O–H groups in total. The monoisotopic (exact) mass is 331 g/mol. The van der Waals surface area contributed by atoms with Crippen LogP contribution in [-0.4, -0.2) is 42.5 Å². The van der Waals surface area contributed by atoms with E-state index in [0.717, 1.165) is 22.4 Å². The Balaban J connectivity index is 1.95. The lowest BCUT2D eigenvalue weighted by atomic mass is 9.90. The van der Waals surface area contributed by atoms with E-state index in [1.807, 2.05) is 13.8 Å². The molecule has 1 heterocycles. The minimum Gasteiger partial charge on any atom is -0.496 e. The Morgan fingerprint density at radius 1 is 1.22 bits per heavy atom. The topological polar surface area (TPSA) is 32.7 Å². The van der Waals surface area contributed by atoms with Crippen molar-refractivity contribution in [3.63, 3.8) is 0 Å². The molecule has 2 rings (SSSR count). The van der Waals surface area contributed by atoms with Gasteiger partial charge in [-0.15, -0.1) is 0 Å². The highest BCUT2D eigenvalue weighted by atomic mass is 19.4. The molecule has 0 aliphatic carbocycles. The van der Waals surface area contributed by atoms with Crippen LogP contribution in [0, 0.1) is 19.8 Å². The fraction of sp³-hybridized carbons (Fsp3) is 0.647. The van der Waals surface area contributed by atoms with Crippen LogP contribution in [0.2, 0.25) is 0 Å². The highest BCUT2D eigenvalue weighted by molar-refractivity contribution is 5.43. The molecule has 1 saturated heterocycles. The molecule has 0 bridgehead atoms. The van der Waals surface area contributed by atoms with Crippen molar-refractivity contribution in [2.24, 2.45) is 5.92 Å². The number of hydrogen-bond acceptors (Lipinski definition) is 3. The van der Waals surface area contributed by atoms with E-state index in [0.29, 0.717) is 32.5 Å². The molecule has 1 unspecified atom stereocenters. The number of rotatable bonds is 4. The van der Waals surface area contributed by atoms with E-state index >= 15 is 0 Å². The number of hydrogen-bond donors (Lipinski definition) is 1. The highest BCUT2D eigenvalue weighted by Crippen LogP contribution is 2.32. The third-order valence-electron chi connectivity index (χ3n) is 4.54. The predicted octanol–water partition coefficient (Wildman–Crippen LogP) is 3.45. The van der Waals surface area contributed by atoms with Gasteiger partial charge in [-0.2, -0.15) is 13.2 Å². The average Bonchev–Trinajstić information content (AvgIpc) is 2.46. The van der Waals surface area contributed by atoms with Crippen LogP contribution < -0.4 is 4.74 Å². The molecule has 6 heteroatoms. The van der Waals surface area contributed by atoms with Crippen molar-refractivity contribution in [1.82, 2.24) is 4.90 Å². The molecule has 1 aliphatic heterocycles. The number of aliphatic hydroxyl groups excluding tert-OH is 1. The van der Waals surface area contributed by atoms with E-state index in [-0.39, 0.29) is 0 Å². The number of likely N-dealkylation sites (tertiary alicyclic amines) is 1. The summed E-state index contributed by atoms with van der Waals surface area (Å²) in [7, 11) is 1.64. The van der Waals surface area contributed by atoms with Crippen molar-refractivity contribution in [3.05, 3.63) is 28.8 Å². The van der Waals surface area contributed by atoms with Gasteiger partial charge in [-0.05, 0) is 62.4 Å². The molecule has 1 aromatic carbocycles. The van der Waals surface area contributed by atoms with E-state index < -0.39 is 18.2 Å².